The van der Waals surface area contributed by atoms with Gasteiger partial charge in [-0.25, -0.2) is 4.79 Å². The maximum absolute atomic E-state index is 12.5. The largest absolute Gasteiger partial charge is 0.494 e. The molecule has 0 radical (unpaired) electrons. The third kappa shape index (κ3) is 7.40. The Kier molecular flexibility index (Phi) is 9.65. The van der Waals surface area contributed by atoms with Crippen molar-refractivity contribution in [2.45, 2.75) is 66.6 Å². The van der Waals surface area contributed by atoms with Crippen molar-refractivity contribution in [3.63, 3.8) is 0 Å². The summed E-state index contributed by atoms with van der Waals surface area (Å²) in [7, 11) is 0. The number of carbonyl (C=O) groups is 3. The molecule has 1 rings (SSSR count). The van der Waals surface area contributed by atoms with E-state index in [0.717, 1.165) is 0 Å². The first-order valence-corrected chi connectivity index (χ1v) is 10.1. The molecule has 0 spiro atoms. The molecule has 0 aliphatic carbocycles. The summed E-state index contributed by atoms with van der Waals surface area (Å²) in [6, 6.07) is 5.82. The molecule has 0 bridgehead atoms. The van der Waals surface area contributed by atoms with E-state index in [2.05, 4.69) is 5.32 Å². The van der Waals surface area contributed by atoms with Gasteiger partial charge in [0.1, 0.15) is 11.8 Å². The van der Waals surface area contributed by atoms with E-state index in [1.165, 1.54) is 0 Å². The van der Waals surface area contributed by atoms with Crippen LogP contribution in [0.5, 0.6) is 5.75 Å². The van der Waals surface area contributed by atoms with E-state index >= 15 is 0 Å². The molecule has 0 saturated carbocycles. The van der Waals surface area contributed by atoms with Crippen LogP contribution in [0.4, 0.5) is 0 Å². The molecule has 0 saturated heterocycles. The first kappa shape index (κ1) is 24.5. The summed E-state index contributed by atoms with van der Waals surface area (Å²) in [5.74, 6) is -0.803. The molecule has 0 heterocycles. The molecule has 0 aromatic heterocycles. The van der Waals surface area contributed by atoms with Gasteiger partial charge in [0.15, 0.2) is 6.61 Å². The molecule has 2 amide bonds. The van der Waals surface area contributed by atoms with Crippen molar-refractivity contribution in [3.8, 4) is 5.75 Å². The molecule has 162 valence electrons. The predicted octanol–water partition coefficient (Wildman–Crippen LogP) is 3.03. The van der Waals surface area contributed by atoms with Crippen LogP contribution < -0.4 is 10.1 Å². The lowest BCUT2D eigenvalue weighted by molar-refractivity contribution is -0.155. The van der Waals surface area contributed by atoms with Crippen LogP contribution in [0.15, 0.2) is 24.3 Å². The number of hydrogen-bond donors (Lipinski definition) is 1. The lowest BCUT2D eigenvalue weighted by atomic mass is 10.0. The maximum atomic E-state index is 12.5. The zero-order valence-corrected chi connectivity index (χ0v) is 18.5. The predicted molar refractivity (Wildman–Crippen MR) is 112 cm³/mol. The van der Waals surface area contributed by atoms with Gasteiger partial charge in [0.05, 0.1) is 6.61 Å². The van der Waals surface area contributed by atoms with Crippen molar-refractivity contribution in [2.24, 2.45) is 5.92 Å². The van der Waals surface area contributed by atoms with Crippen LogP contribution >= 0.6 is 0 Å². The fourth-order valence-electron chi connectivity index (χ4n) is 3.06. The quantitative estimate of drug-likeness (QED) is 0.604. The minimum atomic E-state index is -0.853. The van der Waals surface area contributed by atoms with Gasteiger partial charge in [-0.3, -0.25) is 9.59 Å². The number of amides is 2. The zero-order valence-electron chi connectivity index (χ0n) is 18.5. The molecule has 0 fully saturated rings. The first-order chi connectivity index (χ1) is 13.6. The highest BCUT2D eigenvalue weighted by Crippen LogP contribution is 2.13. The molecular formula is C22H34N2O5. The average Bonchev–Trinajstić information content (AvgIpc) is 2.64. The second-order valence-corrected chi connectivity index (χ2v) is 7.75. The monoisotopic (exact) mass is 406 g/mol. The number of carbonyl (C=O) groups excluding carboxylic acids is 3. The molecule has 1 atom stereocenters. The van der Waals surface area contributed by atoms with Crippen LogP contribution in [0.3, 0.4) is 0 Å². The highest BCUT2D eigenvalue weighted by molar-refractivity contribution is 5.97. The van der Waals surface area contributed by atoms with Crippen molar-refractivity contribution in [3.05, 3.63) is 29.8 Å². The van der Waals surface area contributed by atoms with Gasteiger partial charge >= 0.3 is 5.97 Å². The summed E-state index contributed by atoms with van der Waals surface area (Å²) < 4.78 is 10.6. The van der Waals surface area contributed by atoms with Crippen LogP contribution in [0, 0.1) is 5.92 Å². The van der Waals surface area contributed by atoms with Crippen LogP contribution in [-0.4, -0.2) is 54.0 Å². The van der Waals surface area contributed by atoms with Gasteiger partial charge in [-0.05, 0) is 64.8 Å². The molecule has 29 heavy (non-hydrogen) atoms. The lowest BCUT2D eigenvalue weighted by Crippen LogP contribution is -2.48. The normalized spacial score (nSPS) is 12.1. The summed E-state index contributed by atoms with van der Waals surface area (Å²) in [6.45, 7) is 13.3. The number of rotatable bonds is 10. The van der Waals surface area contributed by atoms with E-state index in [-0.39, 0.29) is 36.4 Å². The zero-order chi connectivity index (χ0) is 22.1. The Morgan fingerprint density at radius 1 is 0.966 bits per heavy atom. The van der Waals surface area contributed by atoms with Crippen molar-refractivity contribution >= 4 is 17.8 Å². The van der Waals surface area contributed by atoms with E-state index in [0.29, 0.717) is 17.9 Å². The molecule has 0 unspecified atom stereocenters. The standard InChI is InChI=1S/C22H34N2O5/c1-8-28-18-11-9-17(10-12-18)21(26)23-20(14(2)3)22(27)29-13-19(25)24(15(4)5)16(6)7/h9-12,14-16,20H,8,13H2,1-7H3,(H,23,26)/t20-/m0/s1. The topological polar surface area (TPSA) is 84.9 Å². The SMILES string of the molecule is CCOc1ccc(C(=O)N[C@H](C(=O)OCC(=O)N(C(C)C)C(C)C)C(C)C)cc1. The first-order valence-electron chi connectivity index (χ1n) is 10.1. The Labute approximate surface area is 173 Å². The molecule has 1 aromatic rings. The summed E-state index contributed by atoms with van der Waals surface area (Å²) >= 11 is 0. The summed E-state index contributed by atoms with van der Waals surface area (Å²) in [5, 5.41) is 2.70. The van der Waals surface area contributed by atoms with Crippen molar-refractivity contribution in [1.29, 1.82) is 0 Å². The third-order valence-electron chi connectivity index (χ3n) is 4.37. The number of nitrogens with one attached hydrogen (secondary N) is 1. The van der Waals surface area contributed by atoms with Gasteiger partial charge < -0.3 is 19.7 Å². The van der Waals surface area contributed by atoms with Crippen molar-refractivity contribution < 1.29 is 23.9 Å². The van der Waals surface area contributed by atoms with Gasteiger partial charge in [0.2, 0.25) is 0 Å². The van der Waals surface area contributed by atoms with Gasteiger partial charge in [0.25, 0.3) is 11.8 Å². The van der Waals surface area contributed by atoms with Crippen LogP contribution in [0.25, 0.3) is 0 Å². The van der Waals surface area contributed by atoms with Gasteiger partial charge in [0, 0.05) is 17.6 Å². The number of hydrogen-bond acceptors (Lipinski definition) is 5. The van der Waals surface area contributed by atoms with Gasteiger partial charge in [-0.2, -0.15) is 0 Å². The number of benzene rings is 1. The Morgan fingerprint density at radius 2 is 1.52 bits per heavy atom. The van der Waals surface area contributed by atoms with E-state index in [1.807, 2.05) is 34.6 Å². The number of ether oxygens (including phenoxy) is 2. The molecule has 0 aliphatic heterocycles. The molecule has 1 aromatic carbocycles. The minimum absolute atomic E-state index is 0.00135. The second-order valence-electron chi connectivity index (χ2n) is 7.75. The molecule has 0 aliphatic rings. The van der Waals surface area contributed by atoms with Gasteiger partial charge in [-0.1, -0.05) is 13.8 Å². The Bertz CT molecular complexity index is 675. The van der Waals surface area contributed by atoms with E-state index < -0.39 is 12.0 Å². The smallest absolute Gasteiger partial charge is 0.329 e. The summed E-state index contributed by atoms with van der Waals surface area (Å²) in [6.07, 6.45) is 0. The fraction of sp³-hybridized carbons (Fsp3) is 0.591. The number of nitrogens with zero attached hydrogens (tertiary/aromatic N) is 1. The molecule has 7 nitrogen and oxygen atoms in total. The molecule has 7 heteroatoms. The van der Waals surface area contributed by atoms with Crippen molar-refractivity contribution in [2.75, 3.05) is 13.2 Å². The van der Waals surface area contributed by atoms with Gasteiger partial charge in [-0.15, -0.1) is 0 Å². The lowest BCUT2D eigenvalue weighted by Gasteiger charge is -2.30. The highest BCUT2D eigenvalue weighted by Gasteiger charge is 2.28. The third-order valence-corrected chi connectivity index (χ3v) is 4.37. The highest BCUT2D eigenvalue weighted by atomic mass is 16.5. The summed E-state index contributed by atoms with van der Waals surface area (Å²) in [4.78, 5) is 39.1. The van der Waals surface area contributed by atoms with Crippen LogP contribution in [0.2, 0.25) is 0 Å². The average molecular weight is 407 g/mol. The van der Waals surface area contributed by atoms with Crippen LogP contribution in [0.1, 0.15) is 58.8 Å². The minimum Gasteiger partial charge on any atom is -0.494 e. The Balaban J connectivity index is 2.75. The Hall–Kier alpha value is -2.57. The second kappa shape index (κ2) is 11.4. The number of esters is 1. The van der Waals surface area contributed by atoms with Crippen LogP contribution in [-0.2, 0) is 14.3 Å². The fourth-order valence-corrected chi connectivity index (χ4v) is 3.06. The Morgan fingerprint density at radius 3 is 1.97 bits per heavy atom. The molecule has 1 N–H and O–H groups in total. The van der Waals surface area contributed by atoms with E-state index in [9.17, 15) is 14.4 Å². The van der Waals surface area contributed by atoms with E-state index in [4.69, 9.17) is 9.47 Å². The molecular weight excluding hydrogens is 372 g/mol. The van der Waals surface area contributed by atoms with E-state index in [1.54, 1.807) is 43.0 Å². The van der Waals surface area contributed by atoms with Crippen molar-refractivity contribution in [1.82, 2.24) is 10.2 Å². The maximum Gasteiger partial charge on any atom is 0.329 e. The summed E-state index contributed by atoms with van der Waals surface area (Å²) in [5.41, 5.74) is 0.411.